The first-order valence-electron chi connectivity index (χ1n) is 3.37. The summed E-state index contributed by atoms with van der Waals surface area (Å²) in [6.45, 7) is 0. The van der Waals surface area contributed by atoms with Crippen LogP contribution in [0.1, 0.15) is 15.9 Å². The lowest BCUT2D eigenvalue weighted by Crippen LogP contribution is -2.06. The van der Waals surface area contributed by atoms with Crippen LogP contribution in [0.2, 0.25) is 0 Å². The van der Waals surface area contributed by atoms with Crippen LogP contribution >= 0.6 is 0 Å². The van der Waals surface area contributed by atoms with Gasteiger partial charge < -0.3 is 5.73 Å². The zero-order valence-electron chi connectivity index (χ0n) is 6.43. The first-order chi connectivity index (χ1) is 5.95. The largest absolute Gasteiger partial charge is 0.416 e. The zero-order chi connectivity index (χ0) is 10.1. The Hall–Kier alpha value is -1.52. The number of hydrogen-bond acceptors (Lipinski definition) is 2. The molecule has 0 bridgehead atoms. The molecule has 0 unspecified atom stereocenters. The minimum Gasteiger partial charge on any atom is -0.398 e. The molecule has 0 heterocycles. The predicted molar refractivity (Wildman–Crippen MR) is 41.2 cm³/mol. The van der Waals surface area contributed by atoms with Crippen molar-refractivity contribution in [2.45, 2.75) is 6.18 Å². The predicted octanol–water partition coefficient (Wildman–Crippen LogP) is 2.10. The second-order valence-electron chi connectivity index (χ2n) is 2.46. The number of benzene rings is 1. The molecule has 2 nitrogen and oxygen atoms in total. The molecule has 0 radical (unpaired) electrons. The molecule has 1 aromatic rings. The number of anilines is 1. The Morgan fingerprint density at radius 1 is 1.31 bits per heavy atom. The molecule has 0 saturated heterocycles. The molecule has 0 aromatic heterocycles. The molecular formula is C8H6F3NO. The molecule has 0 aliphatic carbocycles. The van der Waals surface area contributed by atoms with Crippen LogP contribution < -0.4 is 5.73 Å². The van der Waals surface area contributed by atoms with Crippen molar-refractivity contribution in [2.24, 2.45) is 0 Å². The van der Waals surface area contributed by atoms with E-state index in [2.05, 4.69) is 0 Å². The van der Waals surface area contributed by atoms with E-state index in [4.69, 9.17) is 5.73 Å². The summed E-state index contributed by atoms with van der Waals surface area (Å²) in [6, 6.07) is 2.62. The maximum absolute atomic E-state index is 12.1. The molecule has 0 spiro atoms. The maximum atomic E-state index is 12.1. The van der Waals surface area contributed by atoms with Crippen LogP contribution in [0.25, 0.3) is 0 Å². The molecule has 0 fully saturated rings. The van der Waals surface area contributed by atoms with Gasteiger partial charge in [0.1, 0.15) is 0 Å². The fourth-order valence-corrected chi connectivity index (χ4v) is 0.853. The minimum atomic E-state index is -4.44. The lowest BCUT2D eigenvalue weighted by atomic mass is 10.1. The van der Waals surface area contributed by atoms with Gasteiger partial charge in [0.05, 0.1) is 5.56 Å². The third-order valence-corrected chi connectivity index (χ3v) is 1.54. The molecule has 0 saturated carbocycles. The molecule has 70 valence electrons. The summed E-state index contributed by atoms with van der Waals surface area (Å²) in [4.78, 5) is 10.3. The first kappa shape index (κ1) is 9.57. The van der Waals surface area contributed by atoms with Crippen molar-refractivity contribution in [2.75, 3.05) is 5.73 Å². The highest BCUT2D eigenvalue weighted by molar-refractivity contribution is 5.83. The molecule has 5 heteroatoms. The van der Waals surface area contributed by atoms with E-state index in [0.717, 1.165) is 18.2 Å². The molecule has 0 aliphatic heterocycles. The molecule has 2 N–H and O–H groups in total. The van der Waals surface area contributed by atoms with Gasteiger partial charge in [0.15, 0.2) is 6.29 Å². The normalized spacial score (nSPS) is 11.3. The number of rotatable bonds is 1. The fourth-order valence-electron chi connectivity index (χ4n) is 0.853. The van der Waals surface area contributed by atoms with Crippen molar-refractivity contribution in [3.8, 4) is 0 Å². The highest BCUT2D eigenvalue weighted by Gasteiger charge is 2.30. The van der Waals surface area contributed by atoms with Crippen molar-refractivity contribution >= 4 is 12.0 Å². The molecule has 0 amide bonds. The van der Waals surface area contributed by atoms with Crippen molar-refractivity contribution in [3.05, 3.63) is 29.3 Å². The number of aldehydes is 1. The third-order valence-electron chi connectivity index (χ3n) is 1.54. The zero-order valence-corrected chi connectivity index (χ0v) is 6.43. The fraction of sp³-hybridized carbons (Fsp3) is 0.125. The summed E-state index contributed by atoms with van der Waals surface area (Å²) in [7, 11) is 0. The number of nitrogens with two attached hydrogens (primary N) is 1. The van der Waals surface area contributed by atoms with Gasteiger partial charge in [0.2, 0.25) is 0 Å². The van der Waals surface area contributed by atoms with Gasteiger partial charge in [-0.25, -0.2) is 0 Å². The van der Waals surface area contributed by atoms with Crippen LogP contribution in [0.3, 0.4) is 0 Å². The van der Waals surface area contributed by atoms with Gasteiger partial charge in [-0.3, -0.25) is 4.79 Å². The first-order valence-corrected chi connectivity index (χ1v) is 3.37. The van der Waals surface area contributed by atoms with Crippen LogP contribution in [0.5, 0.6) is 0 Å². The molecule has 0 aliphatic rings. The third kappa shape index (κ3) is 1.99. The number of carbonyl (C=O) groups excluding carboxylic acids is 1. The number of halogens is 3. The van der Waals surface area contributed by atoms with Crippen molar-refractivity contribution < 1.29 is 18.0 Å². The topological polar surface area (TPSA) is 43.1 Å². The number of carbonyl (C=O) groups is 1. The van der Waals surface area contributed by atoms with Crippen molar-refractivity contribution in [3.63, 3.8) is 0 Å². The Morgan fingerprint density at radius 2 is 1.92 bits per heavy atom. The van der Waals surface area contributed by atoms with Crippen LogP contribution in [-0.4, -0.2) is 6.29 Å². The van der Waals surface area contributed by atoms with E-state index in [1.54, 1.807) is 0 Å². The van der Waals surface area contributed by atoms with E-state index >= 15 is 0 Å². The molecule has 1 rings (SSSR count). The molecule has 13 heavy (non-hydrogen) atoms. The summed E-state index contributed by atoms with van der Waals surface area (Å²) >= 11 is 0. The quantitative estimate of drug-likeness (QED) is 0.543. The Bertz CT molecular complexity index is 333. The summed E-state index contributed by atoms with van der Waals surface area (Å²) in [5.41, 5.74) is 4.27. The van der Waals surface area contributed by atoms with E-state index in [1.165, 1.54) is 0 Å². The smallest absolute Gasteiger partial charge is 0.398 e. The van der Waals surface area contributed by atoms with E-state index in [0.29, 0.717) is 6.29 Å². The average Bonchev–Trinajstić information content (AvgIpc) is 2.03. The van der Waals surface area contributed by atoms with Crippen LogP contribution in [0, 0.1) is 0 Å². The number of nitrogen functional groups attached to an aromatic ring is 1. The lowest BCUT2D eigenvalue weighted by molar-refractivity contribution is -0.137. The number of hydrogen-bond donors (Lipinski definition) is 1. The highest BCUT2D eigenvalue weighted by Crippen LogP contribution is 2.30. The van der Waals surface area contributed by atoms with Crippen molar-refractivity contribution in [1.82, 2.24) is 0 Å². The average molecular weight is 189 g/mol. The van der Waals surface area contributed by atoms with Gasteiger partial charge in [-0.1, -0.05) is 0 Å². The summed E-state index contributed by atoms with van der Waals surface area (Å²) < 4.78 is 36.2. The van der Waals surface area contributed by atoms with Gasteiger partial charge in [0, 0.05) is 11.3 Å². The van der Waals surface area contributed by atoms with Crippen LogP contribution in [0.4, 0.5) is 18.9 Å². The summed E-state index contributed by atoms with van der Waals surface area (Å²) in [5.74, 6) is 0. The maximum Gasteiger partial charge on any atom is 0.416 e. The van der Waals surface area contributed by atoms with E-state index in [1.807, 2.05) is 0 Å². The molecular weight excluding hydrogens is 183 g/mol. The van der Waals surface area contributed by atoms with Gasteiger partial charge in [-0.2, -0.15) is 13.2 Å². The van der Waals surface area contributed by atoms with Gasteiger partial charge in [0.25, 0.3) is 0 Å². The Morgan fingerprint density at radius 3 is 2.38 bits per heavy atom. The van der Waals surface area contributed by atoms with Gasteiger partial charge in [-0.05, 0) is 18.2 Å². The minimum absolute atomic E-state index is 0.0444. The second kappa shape index (κ2) is 3.08. The van der Waals surface area contributed by atoms with E-state index in [-0.39, 0.29) is 11.3 Å². The monoisotopic (exact) mass is 189 g/mol. The van der Waals surface area contributed by atoms with Crippen LogP contribution in [-0.2, 0) is 6.18 Å². The second-order valence-corrected chi connectivity index (χ2v) is 2.46. The van der Waals surface area contributed by atoms with Gasteiger partial charge in [-0.15, -0.1) is 0 Å². The molecule has 1 aromatic carbocycles. The Balaban J connectivity index is 3.21. The van der Waals surface area contributed by atoms with Crippen LogP contribution in [0.15, 0.2) is 18.2 Å². The van der Waals surface area contributed by atoms with Gasteiger partial charge >= 0.3 is 6.18 Å². The van der Waals surface area contributed by atoms with E-state index in [9.17, 15) is 18.0 Å². The van der Waals surface area contributed by atoms with E-state index < -0.39 is 11.7 Å². The molecule has 0 atom stereocenters. The SMILES string of the molecule is Nc1ccc(C(F)(F)F)cc1C=O. The Labute approximate surface area is 72.2 Å². The summed E-state index contributed by atoms with van der Waals surface area (Å²) in [6.07, 6.45) is -4.14. The number of alkyl halides is 3. The highest BCUT2D eigenvalue weighted by atomic mass is 19.4. The van der Waals surface area contributed by atoms with Crippen molar-refractivity contribution in [1.29, 1.82) is 0 Å². The Kier molecular flexibility index (Phi) is 2.27. The standard InChI is InChI=1S/C8H6F3NO/c9-8(10,11)6-1-2-7(12)5(3-6)4-13/h1-4H,12H2. The summed E-state index contributed by atoms with van der Waals surface area (Å²) in [5, 5.41) is 0. The lowest BCUT2D eigenvalue weighted by Gasteiger charge is -2.07.